The summed E-state index contributed by atoms with van der Waals surface area (Å²) < 4.78 is 5.43. The van der Waals surface area contributed by atoms with Gasteiger partial charge >= 0.3 is 0 Å². The number of aromatic nitrogens is 1. The van der Waals surface area contributed by atoms with Gasteiger partial charge in [0.05, 0.1) is 12.3 Å². The van der Waals surface area contributed by atoms with Gasteiger partial charge in [-0.25, -0.2) is 0 Å². The molecule has 0 saturated carbocycles. The number of aryl methyl sites for hydroxylation is 1. The number of nitrogens with zero attached hydrogens (tertiary/aromatic N) is 2. The van der Waals surface area contributed by atoms with Crippen molar-refractivity contribution in [3.8, 4) is 0 Å². The maximum absolute atomic E-state index is 12.0. The molecule has 5 nitrogen and oxygen atoms in total. The van der Waals surface area contributed by atoms with Crippen LogP contribution in [-0.2, 0) is 11.2 Å². The van der Waals surface area contributed by atoms with Crippen LogP contribution in [0.1, 0.15) is 30.2 Å². The van der Waals surface area contributed by atoms with Crippen LogP contribution in [0.5, 0.6) is 0 Å². The fourth-order valence-corrected chi connectivity index (χ4v) is 2.32. The lowest BCUT2D eigenvalue weighted by atomic mass is 10.1. The number of hydrogen-bond donors (Lipinski definition) is 1. The topological polar surface area (TPSA) is 58.4 Å². The summed E-state index contributed by atoms with van der Waals surface area (Å²) in [4.78, 5) is 18.1. The quantitative estimate of drug-likeness (QED) is 0.813. The summed E-state index contributed by atoms with van der Waals surface area (Å²) >= 11 is 0. The second-order valence-electron chi connectivity index (χ2n) is 5.51. The second kappa shape index (κ2) is 8.34. The van der Waals surface area contributed by atoms with Gasteiger partial charge in [0, 0.05) is 25.4 Å². The number of carbonyl (C=O) groups is 1. The first kappa shape index (κ1) is 16.2. The van der Waals surface area contributed by atoms with Crippen LogP contribution < -0.4 is 5.32 Å². The highest BCUT2D eigenvalue weighted by Crippen LogP contribution is 2.17. The smallest absolute Gasteiger partial charge is 0.220 e. The summed E-state index contributed by atoms with van der Waals surface area (Å²) in [7, 11) is 3.95. The highest BCUT2D eigenvalue weighted by Gasteiger charge is 2.17. The van der Waals surface area contributed by atoms with Gasteiger partial charge in [-0.3, -0.25) is 14.7 Å². The van der Waals surface area contributed by atoms with Crippen molar-refractivity contribution in [2.45, 2.75) is 25.3 Å². The van der Waals surface area contributed by atoms with Crippen molar-refractivity contribution >= 4 is 5.91 Å². The molecule has 2 aromatic rings. The van der Waals surface area contributed by atoms with E-state index in [-0.39, 0.29) is 11.9 Å². The van der Waals surface area contributed by atoms with Gasteiger partial charge < -0.3 is 9.73 Å². The summed E-state index contributed by atoms with van der Waals surface area (Å²) in [5.74, 6) is 0.933. The largest absolute Gasteiger partial charge is 0.468 e. The Labute approximate surface area is 131 Å². The van der Waals surface area contributed by atoms with Crippen LogP contribution in [0.3, 0.4) is 0 Å². The van der Waals surface area contributed by atoms with E-state index in [0.717, 1.165) is 24.2 Å². The van der Waals surface area contributed by atoms with Gasteiger partial charge in [-0.05, 0) is 50.7 Å². The summed E-state index contributed by atoms with van der Waals surface area (Å²) in [6, 6.07) is 7.79. The SMILES string of the molecule is CN(C)C(CNC(=O)CCCc1cccnc1)c1ccco1. The number of nitrogens with one attached hydrogen (secondary N) is 1. The standard InChI is InChI=1S/C17H23N3O2/c1-20(2)15(16-8-5-11-22-16)13-19-17(21)9-3-6-14-7-4-10-18-12-14/h4-5,7-8,10-12,15H,3,6,9,13H2,1-2H3,(H,19,21). The Kier molecular flexibility index (Phi) is 6.15. The molecule has 0 aliphatic heterocycles. The Hall–Kier alpha value is -2.14. The fourth-order valence-electron chi connectivity index (χ4n) is 2.32. The third kappa shape index (κ3) is 5.00. The molecule has 1 N–H and O–H groups in total. The van der Waals surface area contributed by atoms with Crippen LogP contribution in [0.4, 0.5) is 0 Å². The van der Waals surface area contributed by atoms with Crippen LogP contribution in [0, 0.1) is 0 Å². The minimum atomic E-state index is 0.0530. The molecule has 0 fully saturated rings. The molecule has 2 heterocycles. The van der Waals surface area contributed by atoms with Gasteiger partial charge in [-0.1, -0.05) is 6.07 Å². The minimum absolute atomic E-state index is 0.0530. The number of furan rings is 1. The lowest BCUT2D eigenvalue weighted by Gasteiger charge is -2.22. The van der Waals surface area contributed by atoms with Crippen LogP contribution in [0.15, 0.2) is 47.3 Å². The molecule has 5 heteroatoms. The minimum Gasteiger partial charge on any atom is -0.468 e. The van der Waals surface area contributed by atoms with Crippen molar-refractivity contribution in [3.63, 3.8) is 0 Å². The Morgan fingerprint density at radius 2 is 2.23 bits per heavy atom. The highest BCUT2D eigenvalue weighted by atomic mass is 16.3. The normalized spacial score (nSPS) is 12.3. The van der Waals surface area contributed by atoms with Crippen molar-refractivity contribution in [2.24, 2.45) is 0 Å². The summed E-state index contributed by atoms with van der Waals surface area (Å²) in [5.41, 5.74) is 1.16. The molecular formula is C17H23N3O2. The van der Waals surface area contributed by atoms with E-state index in [1.165, 1.54) is 0 Å². The van der Waals surface area contributed by atoms with Crippen LogP contribution in [-0.4, -0.2) is 36.4 Å². The molecule has 22 heavy (non-hydrogen) atoms. The first-order valence-corrected chi connectivity index (χ1v) is 7.52. The summed E-state index contributed by atoms with van der Waals surface area (Å²) in [6.07, 6.45) is 7.47. The number of carbonyl (C=O) groups excluding carboxylic acids is 1. The molecular weight excluding hydrogens is 278 g/mol. The molecule has 1 unspecified atom stereocenters. The van der Waals surface area contributed by atoms with Crippen LogP contribution >= 0.6 is 0 Å². The van der Waals surface area contributed by atoms with Crippen LogP contribution in [0.2, 0.25) is 0 Å². The van der Waals surface area contributed by atoms with Gasteiger partial charge in [0.2, 0.25) is 5.91 Å². The molecule has 2 rings (SSSR count). The molecule has 2 aromatic heterocycles. The van der Waals surface area contributed by atoms with E-state index in [2.05, 4.69) is 10.3 Å². The molecule has 0 aliphatic carbocycles. The predicted octanol–water partition coefficient (Wildman–Crippen LogP) is 2.42. The number of rotatable bonds is 8. The molecule has 0 spiro atoms. The van der Waals surface area contributed by atoms with Crippen molar-refractivity contribution in [3.05, 3.63) is 54.2 Å². The molecule has 1 atom stereocenters. The first-order chi connectivity index (χ1) is 10.7. The monoisotopic (exact) mass is 301 g/mol. The zero-order valence-electron chi connectivity index (χ0n) is 13.2. The summed E-state index contributed by atoms with van der Waals surface area (Å²) in [5, 5.41) is 2.98. The highest BCUT2D eigenvalue weighted by molar-refractivity contribution is 5.75. The molecule has 0 bridgehead atoms. The van der Waals surface area contributed by atoms with E-state index in [1.807, 2.05) is 49.5 Å². The predicted molar refractivity (Wildman–Crippen MR) is 85.3 cm³/mol. The number of amides is 1. The van der Waals surface area contributed by atoms with Crippen molar-refractivity contribution < 1.29 is 9.21 Å². The summed E-state index contributed by atoms with van der Waals surface area (Å²) in [6.45, 7) is 0.548. The van der Waals surface area contributed by atoms with E-state index in [9.17, 15) is 4.79 Å². The number of pyridine rings is 1. The molecule has 0 saturated heterocycles. The Bertz CT molecular complexity index is 553. The zero-order chi connectivity index (χ0) is 15.8. The second-order valence-corrected chi connectivity index (χ2v) is 5.51. The van der Waals surface area contributed by atoms with Gasteiger partial charge in [0.25, 0.3) is 0 Å². The third-order valence-corrected chi connectivity index (χ3v) is 3.58. The molecule has 0 aliphatic rings. The maximum atomic E-state index is 12.0. The van der Waals surface area contributed by atoms with Gasteiger partial charge in [-0.2, -0.15) is 0 Å². The van der Waals surface area contributed by atoms with Crippen molar-refractivity contribution in [1.29, 1.82) is 0 Å². The van der Waals surface area contributed by atoms with E-state index in [4.69, 9.17) is 4.42 Å². The average Bonchev–Trinajstić information content (AvgIpc) is 3.02. The maximum Gasteiger partial charge on any atom is 0.220 e. The molecule has 1 amide bonds. The first-order valence-electron chi connectivity index (χ1n) is 7.52. The lowest BCUT2D eigenvalue weighted by Crippen LogP contribution is -2.34. The number of likely N-dealkylation sites (N-methyl/N-ethyl adjacent to an activating group) is 1. The van der Waals surface area contributed by atoms with Gasteiger partial charge in [0.15, 0.2) is 0 Å². The fraction of sp³-hybridized carbons (Fsp3) is 0.412. The third-order valence-electron chi connectivity index (χ3n) is 3.58. The van der Waals surface area contributed by atoms with Gasteiger partial charge in [0.1, 0.15) is 5.76 Å². The van der Waals surface area contributed by atoms with Crippen LogP contribution in [0.25, 0.3) is 0 Å². The van der Waals surface area contributed by atoms with E-state index in [0.29, 0.717) is 13.0 Å². The average molecular weight is 301 g/mol. The van der Waals surface area contributed by atoms with E-state index < -0.39 is 0 Å². The Morgan fingerprint density at radius 1 is 1.36 bits per heavy atom. The number of hydrogen-bond acceptors (Lipinski definition) is 4. The Balaban J connectivity index is 1.72. The Morgan fingerprint density at radius 3 is 2.86 bits per heavy atom. The van der Waals surface area contributed by atoms with E-state index in [1.54, 1.807) is 12.5 Å². The molecule has 118 valence electrons. The van der Waals surface area contributed by atoms with Gasteiger partial charge in [-0.15, -0.1) is 0 Å². The molecule has 0 aromatic carbocycles. The molecule has 0 radical (unpaired) electrons. The van der Waals surface area contributed by atoms with Crippen molar-refractivity contribution in [1.82, 2.24) is 15.2 Å². The van der Waals surface area contributed by atoms with Crippen molar-refractivity contribution in [2.75, 3.05) is 20.6 Å². The lowest BCUT2D eigenvalue weighted by molar-refractivity contribution is -0.121. The van der Waals surface area contributed by atoms with E-state index >= 15 is 0 Å². The zero-order valence-corrected chi connectivity index (χ0v) is 13.2.